The van der Waals surface area contributed by atoms with E-state index in [0.717, 1.165) is 16.3 Å². The lowest BCUT2D eigenvalue weighted by Crippen LogP contribution is -2.05. The zero-order valence-corrected chi connectivity index (χ0v) is 10.8. The van der Waals surface area contributed by atoms with Crippen molar-refractivity contribution in [2.45, 2.75) is 34.6 Å². The number of H-pyrrole nitrogens is 1. The maximum atomic E-state index is 11.3. The number of rotatable bonds is 0. The van der Waals surface area contributed by atoms with Gasteiger partial charge in [0.2, 0.25) is 0 Å². The molecule has 1 heterocycles. The lowest BCUT2D eigenvalue weighted by atomic mass is 10.1. The van der Waals surface area contributed by atoms with Crippen molar-refractivity contribution in [3.05, 3.63) is 46.4 Å². The Morgan fingerprint density at radius 3 is 1.94 bits per heavy atom. The molecule has 1 aromatic carbocycles. The molecule has 0 saturated heterocycles. The van der Waals surface area contributed by atoms with Gasteiger partial charge < -0.3 is 4.98 Å². The summed E-state index contributed by atoms with van der Waals surface area (Å²) >= 11 is 0. The van der Waals surface area contributed by atoms with Crippen LogP contribution >= 0.6 is 0 Å². The zero-order chi connectivity index (χ0) is 12.6. The summed E-state index contributed by atoms with van der Waals surface area (Å²) in [6, 6.07) is 7.60. The lowest BCUT2D eigenvalue weighted by molar-refractivity contribution is 1.24. The van der Waals surface area contributed by atoms with Crippen LogP contribution in [0.2, 0.25) is 0 Å². The molecule has 0 fully saturated rings. The minimum atomic E-state index is -0.0174. The van der Waals surface area contributed by atoms with Crippen LogP contribution in [0.15, 0.2) is 35.3 Å². The molecule has 0 amide bonds. The molecule has 0 aliphatic carbocycles. The van der Waals surface area contributed by atoms with Crippen molar-refractivity contribution in [1.29, 1.82) is 0 Å². The van der Waals surface area contributed by atoms with Crippen LogP contribution in [0.1, 0.15) is 33.3 Å². The van der Waals surface area contributed by atoms with E-state index in [1.165, 1.54) is 0 Å². The predicted molar refractivity (Wildman–Crippen MR) is 72.0 cm³/mol. The second-order valence-corrected chi connectivity index (χ2v) is 2.85. The molecule has 0 unspecified atom stereocenters. The van der Waals surface area contributed by atoms with Crippen LogP contribution in [0, 0.1) is 6.92 Å². The maximum Gasteiger partial charge on any atom is 0.255 e. The van der Waals surface area contributed by atoms with E-state index < -0.39 is 0 Å². The van der Waals surface area contributed by atoms with Crippen molar-refractivity contribution in [1.82, 2.24) is 4.98 Å². The second kappa shape index (κ2) is 7.69. The lowest BCUT2D eigenvalue weighted by Gasteiger charge is -1.98. The fourth-order valence-electron chi connectivity index (χ4n) is 1.35. The first-order valence-corrected chi connectivity index (χ1v) is 5.86. The highest BCUT2D eigenvalue weighted by Gasteiger charge is 1.98. The fourth-order valence-corrected chi connectivity index (χ4v) is 1.35. The van der Waals surface area contributed by atoms with Gasteiger partial charge in [0.15, 0.2) is 0 Å². The highest BCUT2D eigenvalue weighted by Crippen LogP contribution is 2.11. The average molecular weight is 219 g/mol. The molecule has 1 aromatic heterocycles. The number of aromatic nitrogens is 1. The van der Waals surface area contributed by atoms with Gasteiger partial charge in [-0.15, -0.1) is 0 Å². The summed E-state index contributed by atoms with van der Waals surface area (Å²) < 4.78 is 0. The molecule has 0 spiro atoms. The van der Waals surface area contributed by atoms with E-state index in [1.807, 2.05) is 58.9 Å². The standard InChI is InChI=1S/C10H9NO.2C2H6/c1-7-6-11-10(12)9-5-3-2-4-8(7)9;2*1-2/h2-6H,1H3,(H,11,12);2*1-2H3. The van der Waals surface area contributed by atoms with Gasteiger partial charge in [-0.25, -0.2) is 0 Å². The number of aryl methyl sites for hydroxylation is 1. The van der Waals surface area contributed by atoms with Gasteiger partial charge >= 0.3 is 0 Å². The third-order valence-corrected chi connectivity index (χ3v) is 2.02. The Bertz CT molecular complexity index is 471. The van der Waals surface area contributed by atoms with Crippen molar-refractivity contribution in [2.24, 2.45) is 0 Å². The molecule has 1 N–H and O–H groups in total. The van der Waals surface area contributed by atoms with Crippen molar-refractivity contribution < 1.29 is 0 Å². The molecule has 0 atom stereocenters. The number of fused-ring (bicyclic) bond motifs is 1. The van der Waals surface area contributed by atoms with E-state index in [9.17, 15) is 4.79 Å². The number of benzene rings is 1. The van der Waals surface area contributed by atoms with Gasteiger partial charge in [-0.05, 0) is 23.9 Å². The van der Waals surface area contributed by atoms with E-state index in [0.29, 0.717) is 0 Å². The second-order valence-electron chi connectivity index (χ2n) is 2.85. The first-order chi connectivity index (χ1) is 7.79. The van der Waals surface area contributed by atoms with Gasteiger partial charge in [0.05, 0.1) is 0 Å². The Hall–Kier alpha value is -1.57. The van der Waals surface area contributed by atoms with E-state index in [2.05, 4.69) is 4.98 Å². The van der Waals surface area contributed by atoms with E-state index in [-0.39, 0.29) is 5.56 Å². The largest absolute Gasteiger partial charge is 0.328 e. The minimum absolute atomic E-state index is 0.0174. The van der Waals surface area contributed by atoms with Crippen molar-refractivity contribution in [3.63, 3.8) is 0 Å². The van der Waals surface area contributed by atoms with E-state index in [4.69, 9.17) is 0 Å². The predicted octanol–water partition coefficient (Wildman–Crippen LogP) is 3.89. The highest BCUT2D eigenvalue weighted by molar-refractivity contribution is 5.84. The summed E-state index contributed by atoms with van der Waals surface area (Å²) in [7, 11) is 0. The number of nitrogens with one attached hydrogen (secondary N) is 1. The zero-order valence-electron chi connectivity index (χ0n) is 10.8. The summed E-state index contributed by atoms with van der Waals surface area (Å²) in [6.45, 7) is 9.98. The van der Waals surface area contributed by atoms with Gasteiger partial charge in [-0.2, -0.15) is 0 Å². The van der Waals surface area contributed by atoms with Crippen LogP contribution in [0.5, 0.6) is 0 Å². The normalized spacial score (nSPS) is 8.56. The molecule has 2 nitrogen and oxygen atoms in total. The molecule has 2 rings (SSSR count). The summed E-state index contributed by atoms with van der Waals surface area (Å²) in [5.41, 5.74) is 1.08. The summed E-state index contributed by atoms with van der Waals surface area (Å²) in [6.07, 6.45) is 1.74. The van der Waals surface area contributed by atoms with Crippen molar-refractivity contribution >= 4 is 10.8 Å². The summed E-state index contributed by atoms with van der Waals surface area (Å²) in [5.74, 6) is 0. The van der Waals surface area contributed by atoms with Crippen LogP contribution in [0.25, 0.3) is 10.8 Å². The third-order valence-electron chi connectivity index (χ3n) is 2.02. The molecule has 16 heavy (non-hydrogen) atoms. The molecular weight excluding hydrogens is 198 g/mol. The molecule has 0 aliphatic rings. The van der Waals surface area contributed by atoms with Gasteiger partial charge in [-0.1, -0.05) is 45.9 Å². The SMILES string of the molecule is CC.CC.Cc1c[nH]c(=O)c2ccccc12. The number of pyridine rings is 1. The Balaban J connectivity index is 0.000000509. The Kier molecular flexibility index (Phi) is 6.93. The summed E-state index contributed by atoms with van der Waals surface area (Å²) in [5, 5.41) is 1.79. The van der Waals surface area contributed by atoms with Gasteiger partial charge in [0, 0.05) is 11.6 Å². The smallest absolute Gasteiger partial charge is 0.255 e. The van der Waals surface area contributed by atoms with Crippen LogP contribution in [0.4, 0.5) is 0 Å². The fraction of sp³-hybridized carbons (Fsp3) is 0.357. The topological polar surface area (TPSA) is 32.9 Å². The van der Waals surface area contributed by atoms with Crippen molar-refractivity contribution in [3.8, 4) is 0 Å². The highest BCUT2D eigenvalue weighted by atomic mass is 16.1. The van der Waals surface area contributed by atoms with Crippen LogP contribution < -0.4 is 5.56 Å². The number of hydrogen-bond acceptors (Lipinski definition) is 1. The third kappa shape index (κ3) is 3.23. The summed E-state index contributed by atoms with van der Waals surface area (Å²) in [4.78, 5) is 14.0. The Morgan fingerprint density at radius 1 is 0.938 bits per heavy atom. The van der Waals surface area contributed by atoms with Crippen molar-refractivity contribution in [2.75, 3.05) is 0 Å². The molecule has 0 radical (unpaired) electrons. The Labute approximate surface area is 97.3 Å². The number of aromatic amines is 1. The van der Waals surface area contributed by atoms with Gasteiger partial charge in [0.1, 0.15) is 0 Å². The van der Waals surface area contributed by atoms with Crippen LogP contribution in [0.3, 0.4) is 0 Å². The first-order valence-electron chi connectivity index (χ1n) is 5.86. The number of hydrogen-bond donors (Lipinski definition) is 1. The van der Waals surface area contributed by atoms with Crippen LogP contribution in [-0.4, -0.2) is 4.98 Å². The monoisotopic (exact) mass is 219 g/mol. The molecule has 2 heteroatoms. The first kappa shape index (κ1) is 14.4. The molecule has 2 aromatic rings. The molecule has 88 valence electrons. The van der Waals surface area contributed by atoms with Crippen LogP contribution in [-0.2, 0) is 0 Å². The van der Waals surface area contributed by atoms with Gasteiger partial charge in [-0.3, -0.25) is 4.79 Å². The average Bonchev–Trinajstić information content (AvgIpc) is 2.39. The van der Waals surface area contributed by atoms with Gasteiger partial charge in [0.25, 0.3) is 5.56 Å². The van der Waals surface area contributed by atoms with E-state index in [1.54, 1.807) is 6.20 Å². The molecule has 0 bridgehead atoms. The minimum Gasteiger partial charge on any atom is -0.328 e. The Morgan fingerprint density at radius 2 is 1.44 bits per heavy atom. The quantitative estimate of drug-likeness (QED) is 0.716. The molecular formula is C14H21NO. The maximum absolute atomic E-state index is 11.3. The molecule has 0 saturated carbocycles. The molecule has 0 aliphatic heterocycles. The van der Waals surface area contributed by atoms with E-state index >= 15 is 0 Å².